The standard InChI is InChI=1S/C11H17N3O/c1-8(10-4-6-15-7-10)13-11-3-5-12-9(2)14-11/h3,5,8,10H,4,6-7H2,1-2H3,(H,12,13,14). The van der Waals surface area contributed by atoms with Crippen molar-refractivity contribution in [2.24, 2.45) is 5.92 Å². The van der Waals surface area contributed by atoms with Crippen molar-refractivity contribution < 1.29 is 4.74 Å². The lowest BCUT2D eigenvalue weighted by Gasteiger charge is -2.19. The molecule has 0 bridgehead atoms. The van der Waals surface area contributed by atoms with Gasteiger partial charge in [0.2, 0.25) is 0 Å². The van der Waals surface area contributed by atoms with Crippen LogP contribution in [0, 0.1) is 12.8 Å². The number of ether oxygens (including phenoxy) is 1. The van der Waals surface area contributed by atoms with E-state index in [2.05, 4.69) is 22.2 Å². The van der Waals surface area contributed by atoms with Gasteiger partial charge >= 0.3 is 0 Å². The Labute approximate surface area is 90.1 Å². The number of hydrogen-bond acceptors (Lipinski definition) is 4. The summed E-state index contributed by atoms with van der Waals surface area (Å²) in [6.45, 7) is 5.82. The summed E-state index contributed by atoms with van der Waals surface area (Å²) in [5.41, 5.74) is 0. The zero-order valence-corrected chi connectivity index (χ0v) is 9.23. The lowest BCUT2D eigenvalue weighted by atomic mass is 10.0. The highest BCUT2D eigenvalue weighted by Crippen LogP contribution is 2.19. The molecule has 4 nitrogen and oxygen atoms in total. The lowest BCUT2D eigenvalue weighted by Crippen LogP contribution is -2.26. The molecule has 1 aliphatic heterocycles. The first-order valence-corrected chi connectivity index (χ1v) is 5.39. The molecule has 2 heterocycles. The van der Waals surface area contributed by atoms with Crippen molar-refractivity contribution >= 4 is 5.82 Å². The molecule has 15 heavy (non-hydrogen) atoms. The SMILES string of the molecule is Cc1nccc(NC(C)C2CCOC2)n1. The van der Waals surface area contributed by atoms with Gasteiger partial charge in [-0.25, -0.2) is 9.97 Å². The van der Waals surface area contributed by atoms with Gasteiger partial charge in [-0.05, 0) is 26.3 Å². The van der Waals surface area contributed by atoms with Crippen molar-refractivity contribution in [2.45, 2.75) is 26.3 Å². The van der Waals surface area contributed by atoms with E-state index >= 15 is 0 Å². The van der Waals surface area contributed by atoms with Crippen LogP contribution in [0.1, 0.15) is 19.2 Å². The van der Waals surface area contributed by atoms with Crippen LogP contribution in [0.4, 0.5) is 5.82 Å². The Bertz CT molecular complexity index is 323. The highest BCUT2D eigenvalue weighted by atomic mass is 16.5. The van der Waals surface area contributed by atoms with Crippen LogP contribution in [0.15, 0.2) is 12.3 Å². The van der Waals surface area contributed by atoms with Gasteiger partial charge in [-0.2, -0.15) is 0 Å². The van der Waals surface area contributed by atoms with Crippen LogP contribution in [0.3, 0.4) is 0 Å². The predicted octanol–water partition coefficient (Wildman–Crippen LogP) is 1.62. The van der Waals surface area contributed by atoms with E-state index in [0.717, 1.165) is 31.3 Å². The molecule has 0 amide bonds. The molecule has 0 spiro atoms. The van der Waals surface area contributed by atoms with E-state index in [1.165, 1.54) is 0 Å². The lowest BCUT2D eigenvalue weighted by molar-refractivity contribution is 0.183. The molecule has 1 saturated heterocycles. The number of aryl methyl sites for hydroxylation is 1. The maximum absolute atomic E-state index is 5.37. The first-order valence-electron chi connectivity index (χ1n) is 5.39. The molecule has 1 fully saturated rings. The van der Waals surface area contributed by atoms with Gasteiger partial charge in [0, 0.05) is 24.8 Å². The van der Waals surface area contributed by atoms with Gasteiger partial charge in [0.05, 0.1) is 6.61 Å². The normalized spacial score (nSPS) is 22.7. The van der Waals surface area contributed by atoms with Crippen LogP contribution >= 0.6 is 0 Å². The quantitative estimate of drug-likeness (QED) is 0.818. The van der Waals surface area contributed by atoms with E-state index < -0.39 is 0 Å². The van der Waals surface area contributed by atoms with E-state index in [9.17, 15) is 0 Å². The second kappa shape index (κ2) is 4.57. The Kier molecular flexibility index (Phi) is 3.16. The first-order chi connectivity index (χ1) is 7.25. The molecule has 1 aromatic rings. The average Bonchev–Trinajstić information content (AvgIpc) is 2.70. The molecule has 0 saturated carbocycles. The van der Waals surface area contributed by atoms with Crippen molar-refractivity contribution in [1.29, 1.82) is 0 Å². The average molecular weight is 207 g/mol. The van der Waals surface area contributed by atoms with Crippen molar-refractivity contribution in [1.82, 2.24) is 9.97 Å². The number of anilines is 1. The molecule has 0 aliphatic carbocycles. The van der Waals surface area contributed by atoms with Gasteiger partial charge in [-0.3, -0.25) is 0 Å². The highest BCUT2D eigenvalue weighted by molar-refractivity contribution is 5.34. The zero-order chi connectivity index (χ0) is 10.7. The number of rotatable bonds is 3. The van der Waals surface area contributed by atoms with Crippen LogP contribution < -0.4 is 5.32 Å². The summed E-state index contributed by atoms with van der Waals surface area (Å²) in [5, 5.41) is 3.39. The number of nitrogens with zero attached hydrogens (tertiary/aromatic N) is 2. The van der Waals surface area contributed by atoms with Gasteiger partial charge in [-0.15, -0.1) is 0 Å². The summed E-state index contributed by atoms with van der Waals surface area (Å²) in [5.74, 6) is 2.30. The summed E-state index contributed by atoms with van der Waals surface area (Å²) in [6.07, 6.45) is 2.92. The van der Waals surface area contributed by atoms with Crippen molar-refractivity contribution in [2.75, 3.05) is 18.5 Å². The molecular weight excluding hydrogens is 190 g/mol. The molecule has 0 aromatic carbocycles. The third kappa shape index (κ3) is 2.65. The summed E-state index contributed by atoms with van der Waals surface area (Å²) in [7, 11) is 0. The van der Waals surface area contributed by atoms with Crippen molar-refractivity contribution in [3.05, 3.63) is 18.1 Å². The Morgan fingerprint density at radius 1 is 1.60 bits per heavy atom. The second-order valence-corrected chi connectivity index (χ2v) is 4.05. The number of aromatic nitrogens is 2. The Balaban J connectivity index is 1.95. The first kappa shape index (κ1) is 10.4. The molecule has 4 heteroatoms. The van der Waals surface area contributed by atoms with E-state index in [1.807, 2.05) is 13.0 Å². The van der Waals surface area contributed by atoms with Crippen LogP contribution in [-0.4, -0.2) is 29.2 Å². The summed E-state index contributed by atoms with van der Waals surface area (Å²) in [6, 6.07) is 2.31. The topological polar surface area (TPSA) is 47.0 Å². The van der Waals surface area contributed by atoms with E-state index in [0.29, 0.717) is 12.0 Å². The molecule has 82 valence electrons. The molecule has 1 aromatic heterocycles. The van der Waals surface area contributed by atoms with Crippen molar-refractivity contribution in [3.8, 4) is 0 Å². The van der Waals surface area contributed by atoms with Gasteiger partial charge in [0.25, 0.3) is 0 Å². The smallest absolute Gasteiger partial charge is 0.129 e. The van der Waals surface area contributed by atoms with Gasteiger partial charge in [0.15, 0.2) is 0 Å². The molecular formula is C11H17N3O. The fourth-order valence-electron chi connectivity index (χ4n) is 1.83. The van der Waals surface area contributed by atoms with Crippen LogP contribution in [0.25, 0.3) is 0 Å². The van der Waals surface area contributed by atoms with Crippen LogP contribution in [0.5, 0.6) is 0 Å². The number of hydrogen-bond donors (Lipinski definition) is 1. The zero-order valence-electron chi connectivity index (χ0n) is 9.23. The Morgan fingerprint density at radius 2 is 2.47 bits per heavy atom. The minimum Gasteiger partial charge on any atom is -0.381 e. The second-order valence-electron chi connectivity index (χ2n) is 4.05. The summed E-state index contributed by atoms with van der Waals surface area (Å²) >= 11 is 0. The highest BCUT2D eigenvalue weighted by Gasteiger charge is 2.22. The fourth-order valence-corrected chi connectivity index (χ4v) is 1.83. The van der Waals surface area contributed by atoms with Crippen LogP contribution in [0.2, 0.25) is 0 Å². The van der Waals surface area contributed by atoms with E-state index in [4.69, 9.17) is 4.74 Å². The molecule has 1 aliphatic rings. The minimum atomic E-state index is 0.404. The van der Waals surface area contributed by atoms with Gasteiger partial charge in [0.1, 0.15) is 11.6 Å². The maximum atomic E-state index is 5.37. The number of nitrogens with one attached hydrogen (secondary N) is 1. The monoisotopic (exact) mass is 207 g/mol. The van der Waals surface area contributed by atoms with Crippen molar-refractivity contribution in [3.63, 3.8) is 0 Å². The fraction of sp³-hybridized carbons (Fsp3) is 0.636. The minimum absolute atomic E-state index is 0.404. The molecule has 2 atom stereocenters. The predicted molar refractivity (Wildman–Crippen MR) is 58.8 cm³/mol. The molecule has 2 unspecified atom stereocenters. The Hall–Kier alpha value is -1.16. The van der Waals surface area contributed by atoms with Crippen LogP contribution in [-0.2, 0) is 4.74 Å². The molecule has 0 radical (unpaired) electrons. The van der Waals surface area contributed by atoms with E-state index in [-0.39, 0.29) is 0 Å². The molecule has 2 rings (SSSR count). The van der Waals surface area contributed by atoms with E-state index in [1.54, 1.807) is 6.20 Å². The third-order valence-electron chi connectivity index (χ3n) is 2.82. The van der Waals surface area contributed by atoms with Gasteiger partial charge in [-0.1, -0.05) is 0 Å². The largest absolute Gasteiger partial charge is 0.381 e. The molecule has 1 N–H and O–H groups in total. The van der Waals surface area contributed by atoms with Gasteiger partial charge < -0.3 is 10.1 Å². The summed E-state index contributed by atoms with van der Waals surface area (Å²) in [4.78, 5) is 8.39. The third-order valence-corrected chi connectivity index (χ3v) is 2.82. The Morgan fingerprint density at radius 3 is 3.13 bits per heavy atom. The maximum Gasteiger partial charge on any atom is 0.129 e. The summed E-state index contributed by atoms with van der Waals surface area (Å²) < 4.78 is 5.37.